The van der Waals surface area contributed by atoms with E-state index in [0.717, 1.165) is 12.8 Å². The fourth-order valence-electron chi connectivity index (χ4n) is 3.99. The lowest BCUT2D eigenvalue weighted by Crippen LogP contribution is -2.43. The van der Waals surface area contributed by atoms with Crippen LogP contribution in [0.5, 0.6) is 0 Å². The number of nitrogens with zero attached hydrogens (tertiary/aromatic N) is 1. The Morgan fingerprint density at radius 1 is 0.889 bits per heavy atom. The van der Waals surface area contributed by atoms with Crippen molar-refractivity contribution in [3.05, 3.63) is 71.3 Å². The number of alkyl halides is 1. The van der Waals surface area contributed by atoms with Crippen molar-refractivity contribution in [2.75, 3.05) is 6.61 Å². The van der Waals surface area contributed by atoms with Crippen LogP contribution in [0.25, 0.3) is 0 Å². The summed E-state index contributed by atoms with van der Waals surface area (Å²) in [5.41, 5.74) is 1.60. The highest BCUT2D eigenvalue weighted by Gasteiger charge is 2.41. The molecule has 5 heteroatoms. The summed E-state index contributed by atoms with van der Waals surface area (Å²) in [6, 6.07) is 15.9. The molecule has 4 rings (SSSR count). The molecule has 0 radical (unpaired) electrons. The molecule has 1 aliphatic carbocycles. The number of fused-ring (bicyclic) bond motifs is 1. The van der Waals surface area contributed by atoms with Gasteiger partial charge in [-0.25, -0.2) is 4.39 Å². The third-order valence-corrected chi connectivity index (χ3v) is 5.47. The lowest BCUT2D eigenvalue weighted by atomic mass is 9.91. The van der Waals surface area contributed by atoms with E-state index in [9.17, 15) is 14.0 Å². The van der Waals surface area contributed by atoms with E-state index in [1.54, 1.807) is 36.4 Å². The summed E-state index contributed by atoms with van der Waals surface area (Å²) in [5, 5.41) is 0. The number of imide groups is 1. The second-order valence-electron chi connectivity index (χ2n) is 7.17. The fraction of sp³-hybridized carbons (Fsp3) is 0.364. The highest BCUT2D eigenvalue weighted by molar-refractivity contribution is 6.21. The molecule has 2 amide bonds. The van der Waals surface area contributed by atoms with E-state index in [1.165, 1.54) is 4.90 Å². The molecule has 0 bridgehead atoms. The smallest absolute Gasteiger partial charge is 0.261 e. The summed E-state index contributed by atoms with van der Waals surface area (Å²) in [6.07, 6.45) is 1.66. The molecule has 1 atom stereocenters. The van der Waals surface area contributed by atoms with Crippen LogP contribution in [0.15, 0.2) is 54.6 Å². The Kier molecular flexibility index (Phi) is 5.03. The highest BCUT2D eigenvalue weighted by Crippen LogP contribution is 2.32. The normalized spacial score (nSPS) is 23.4. The van der Waals surface area contributed by atoms with Gasteiger partial charge in [0.05, 0.1) is 23.8 Å². The first-order valence-electron chi connectivity index (χ1n) is 9.42. The number of halogens is 1. The van der Waals surface area contributed by atoms with Crippen LogP contribution in [-0.4, -0.2) is 35.5 Å². The minimum atomic E-state index is -1.14. The Balaban J connectivity index is 1.31. The average Bonchev–Trinajstić information content (AvgIpc) is 2.98. The summed E-state index contributed by atoms with van der Waals surface area (Å²) in [6.45, 7) is 0.0341. The average molecular weight is 367 g/mol. The van der Waals surface area contributed by atoms with Gasteiger partial charge in [0.15, 0.2) is 0 Å². The van der Waals surface area contributed by atoms with Gasteiger partial charge in [-0.05, 0) is 43.4 Å². The molecule has 0 aromatic heterocycles. The Morgan fingerprint density at radius 3 is 2.04 bits per heavy atom. The summed E-state index contributed by atoms with van der Waals surface area (Å²) < 4.78 is 20.0. The van der Waals surface area contributed by atoms with Crippen LogP contribution in [0.2, 0.25) is 0 Å². The number of ether oxygens (including phenoxy) is 1. The van der Waals surface area contributed by atoms with Gasteiger partial charge >= 0.3 is 0 Å². The molecule has 0 saturated heterocycles. The van der Waals surface area contributed by atoms with Gasteiger partial charge in [0.25, 0.3) is 11.8 Å². The maximum Gasteiger partial charge on any atom is 0.261 e. The SMILES string of the molecule is O=C1c2ccccc2C(=O)N1[C@H]1CC[C@H](OCC(F)c2ccccc2)CC1. The van der Waals surface area contributed by atoms with E-state index in [2.05, 4.69) is 0 Å². The molecule has 0 N–H and O–H groups in total. The molecule has 2 aromatic carbocycles. The molecule has 1 unspecified atom stereocenters. The predicted molar refractivity (Wildman–Crippen MR) is 99.2 cm³/mol. The van der Waals surface area contributed by atoms with Crippen molar-refractivity contribution in [3.63, 3.8) is 0 Å². The third kappa shape index (κ3) is 3.52. The number of amides is 2. The largest absolute Gasteiger partial charge is 0.375 e. The molecule has 1 saturated carbocycles. The molecule has 2 aliphatic rings. The van der Waals surface area contributed by atoms with Gasteiger partial charge in [0.1, 0.15) is 6.17 Å². The maximum atomic E-state index is 14.2. The zero-order valence-corrected chi connectivity index (χ0v) is 15.0. The predicted octanol–water partition coefficient (Wildman–Crippen LogP) is 4.32. The van der Waals surface area contributed by atoms with E-state index in [0.29, 0.717) is 29.5 Å². The maximum absolute atomic E-state index is 14.2. The van der Waals surface area contributed by atoms with Gasteiger partial charge < -0.3 is 4.74 Å². The molecule has 1 heterocycles. The zero-order valence-electron chi connectivity index (χ0n) is 15.0. The van der Waals surface area contributed by atoms with E-state index in [1.807, 2.05) is 18.2 Å². The molecular formula is C22H22FNO3. The molecule has 2 aromatic rings. The zero-order chi connectivity index (χ0) is 18.8. The van der Waals surface area contributed by atoms with Gasteiger partial charge in [-0.3, -0.25) is 14.5 Å². The van der Waals surface area contributed by atoms with Crippen LogP contribution in [-0.2, 0) is 4.74 Å². The first-order chi connectivity index (χ1) is 13.1. The van der Waals surface area contributed by atoms with Gasteiger partial charge in [-0.1, -0.05) is 42.5 Å². The number of hydrogen-bond acceptors (Lipinski definition) is 3. The van der Waals surface area contributed by atoms with Gasteiger partial charge in [-0.15, -0.1) is 0 Å². The van der Waals surface area contributed by atoms with Crippen LogP contribution in [0, 0.1) is 0 Å². The lowest BCUT2D eigenvalue weighted by molar-refractivity contribution is -0.0126. The van der Waals surface area contributed by atoms with Gasteiger partial charge in [0.2, 0.25) is 0 Å². The summed E-state index contributed by atoms with van der Waals surface area (Å²) in [4.78, 5) is 26.6. The van der Waals surface area contributed by atoms with Crippen molar-refractivity contribution in [2.24, 2.45) is 0 Å². The minimum Gasteiger partial charge on any atom is -0.375 e. The topological polar surface area (TPSA) is 46.6 Å². The highest BCUT2D eigenvalue weighted by atomic mass is 19.1. The molecule has 27 heavy (non-hydrogen) atoms. The van der Waals surface area contributed by atoms with Crippen molar-refractivity contribution >= 4 is 11.8 Å². The van der Waals surface area contributed by atoms with Crippen molar-refractivity contribution in [1.29, 1.82) is 0 Å². The van der Waals surface area contributed by atoms with E-state index < -0.39 is 6.17 Å². The number of hydrogen-bond donors (Lipinski definition) is 0. The molecule has 4 nitrogen and oxygen atoms in total. The monoisotopic (exact) mass is 367 g/mol. The minimum absolute atomic E-state index is 0.0293. The van der Waals surface area contributed by atoms with E-state index in [-0.39, 0.29) is 30.6 Å². The Morgan fingerprint density at radius 2 is 1.44 bits per heavy atom. The first kappa shape index (κ1) is 17.9. The summed E-state index contributed by atoms with van der Waals surface area (Å²) in [5.74, 6) is -0.402. The van der Waals surface area contributed by atoms with Crippen LogP contribution in [0.4, 0.5) is 4.39 Å². The summed E-state index contributed by atoms with van der Waals surface area (Å²) >= 11 is 0. The van der Waals surface area contributed by atoms with E-state index in [4.69, 9.17) is 4.74 Å². The Bertz CT molecular complexity index is 795. The van der Waals surface area contributed by atoms with Crippen LogP contribution >= 0.6 is 0 Å². The number of benzene rings is 2. The standard InChI is InChI=1S/C22H22FNO3/c23-20(15-6-2-1-3-7-15)14-27-17-12-10-16(11-13-17)24-21(25)18-8-4-5-9-19(18)22(24)26/h1-9,16-17,20H,10-14H2/t16-,17-,20?. The Labute approximate surface area is 157 Å². The number of rotatable bonds is 5. The first-order valence-corrected chi connectivity index (χ1v) is 9.42. The quantitative estimate of drug-likeness (QED) is 0.740. The van der Waals surface area contributed by atoms with Crippen molar-refractivity contribution in [1.82, 2.24) is 4.90 Å². The van der Waals surface area contributed by atoms with Crippen molar-refractivity contribution < 1.29 is 18.7 Å². The lowest BCUT2D eigenvalue weighted by Gasteiger charge is -2.33. The third-order valence-electron chi connectivity index (χ3n) is 5.47. The van der Waals surface area contributed by atoms with Gasteiger partial charge in [0, 0.05) is 6.04 Å². The van der Waals surface area contributed by atoms with Gasteiger partial charge in [-0.2, -0.15) is 0 Å². The van der Waals surface area contributed by atoms with Crippen LogP contribution in [0.3, 0.4) is 0 Å². The molecule has 140 valence electrons. The van der Waals surface area contributed by atoms with Crippen LogP contribution < -0.4 is 0 Å². The number of carbonyl (C=O) groups is 2. The number of carbonyl (C=O) groups excluding carboxylic acids is 2. The molecule has 1 aliphatic heterocycles. The van der Waals surface area contributed by atoms with Crippen molar-refractivity contribution in [2.45, 2.75) is 44.0 Å². The second-order valence-corrected chi connectivity index (χ2v) is 7.17. The van der Waals surface area contributed by atoms with Crippen LogP contribution in [0.1, 0.15) is 58.1 Å². The Hall–Kier alpha value is -2.53. The van der Waals surface area contributed by atoms with E-state index >= 15 is 0 Å². The fourth-order valence-corrected chi connectivity index (χ4v) is 3.99. The molecular weight excluding hydrogens is 345 g/mol. The second kappa shape index (κ2) is 7.61. The summed E-state index contributed by atoms with van der Waals surface area (Å²) in [7, 11) is 0. The molecule has 1 fully saturated rings. The molecule has 0 spiro atoms. The van der Waals surface area contributed by atoms with Crippen molar-refractivity contribution in [3.8, 4) is 0 Å².